The molecule has 4 rings (SSSR count). The Balaban J connectivity index is 1.60. The van der Waals surface area contributed by atoms with Crippen molar-refractivity contribution in [1.82, 2.24) is 10.2 Å². The monoisotopic (exact) mass is 378 g/mol. The van der Waals surface area contributed by atoms with Crippen LogP contribution in [0.3, 0.4) is 0 Å². The third-order valence-corrected chi connectivity index (χ3v) is 5.64. The van der Waals surface area contributed by atoms with Crippen molar-refractivity contribution in [1.29, 1.82) is 0 Å². The average molecular weight is 378 g/mol. The predicted octanol–water partition coefficient (Wildman–Crippen LogP) is 2.93. The Morgan fingerprint density at radius 1 is 1.14 bits per heavy atom. The molecule has 1 saturated heterocycles. The molecule has 0 saturated carbocycles. The van der Waals surface area contributed by atoms with Crippen LogP contribution in [0.2, 0.25) is 0 Å². The highest BCUT2D eigenvalue weighted by atomic mass is 16.5. The summed E-state index contributed by atoms with van der Waals surface area (Å²) < 4.78 is 4.73. The standard InChI is InChI=1S/C22H22N2O4/c1-22(18-10-9-15-6-4-7-16(15)12-18)20(26)24(21(27)23-22)13-14-5-3-8-17(11-14)19(25)28-2/h3,5,8-12H,4,6-7,13H2,1-2H3,(H,23,27). The summed E-state index contributed by atoms with van der Waals surface area (Å²) in [4.78, 5) is 38.7. The van der Waals surface area contributed by atoms with Crippen LogP contribution in [-0.2, 0) is 34.5 Å². The molecular formula is C22H22N2O4. The van der Waals surface area contributed by atoms with Crippen LogP contribution in [-0.4, -0.2) is 29.9 Å². The van der Waals surface area contributed by atoms with Gasteiger partial charge >= 0.3 is 12.0 Å². The van der Waals surface area contributed by atoms with Gasteiger partial charge in [-0.1, -0.05) is 30.3 Å². The second-order valence-corrected chi connectivity index (χ2v) is 7.48. The van der Waals surface area contributed by atoms with Gasteiger partial charge in [-0.25, -0.2) is 9.59 Å². The second-order valence-electron chi connectivity index (χ2n) is 7.48. The van der Waals surface area contributed by atoms with Crippen LogP contribution in [0.25, 0.3) is 0 Å². The fourth-order valence-corrected chi connectivity index (χ4v) is 4.02. The number of nitrogens with zero attached hydrogens (tertiary/aromatic N) is 1. The number of methoxy groups -OCH3 is 1. The lowest BCUT2D eigenvalue weighted by atomic mass is 9.89. The minimum Gasteiger partial charge on any atom is -0.465 e. The van der Waals surface area contributed by atoms with E-state index in [9.17, 15) is 14.4 Å². The van der Waals surface area contributed by atoms with Crippen LogP contribution in [0.4, 0.5) is 4.79 Å². The number of carbonyl (C=O) groups is 3. The molecular weight excluding hydrogens is 356 g/mol. The number of aryl methyl sites for hydroxylation is 2. The zero-order chi connectivity index (χ0) is 19.9. The number of rotatable bonds is 4. The van der Waals surface area contributed by atoms with E-state index in [1.807, 2.05) is 12.1 Å². The number of hydrogen-bond donors (Lipinski definition) is 1. The summed E-state index contributed by atoms with van der Waals surface area (Å²) in [6.07, 6.45) is 3.19. The van der Waals surface area contributed by atoms with Crippen LogP contribution in [0, 0.1) is 0 Å². The van der Waals surface area contributed by atoms with E-state index in [0.29, 0.717) is 11.1 Å². The lowest BCUT2D eigenvalue weighted by Gasteiger charge is -2.23. The van der Waals surface area contributed by atoms with E-state index in [4.69, 9.17) is 4.74 Å². The van der Waals surface area contributed by atoms with E-state index in [1.165, 1.54) is 23.1 Å². The first-order chi connectivity index (χ1) is 13.4. The van der Waals surface area contributed by atoms with Gasteiger partial charge in [-0.15, -0.1) is 0 Å². The van der Waals surface area contributed by atoms with Crippen molar-refractivity contribution in [3.05, 3.63) is 70.3 Å². The maximum Gasteiger partial charge on any atom is 0.337 e. The number of esters is 1. The summed E-state index contributed by atoms with van der Waals surface area (Å²) in [5, 5.41) is 2.85. The van der Waals surface area contributed by atoms with Crippen molar-refractivity contribution in [3.8, 4) is 0 Å². The first kappa shape index (κ1) is 18.2. The summed E-state index contributed by atoms with van der Waals surface area (Å²) in [7, 11) is 1.31. The molecule has 6 heteroatoms. The van der Waals surface area contributed by atoms with E-state index < -0.39 is 17.5 Å². The first-order valence-electron chi connectivity index (χ1n) is 9.36. The summed E-state index contributed by atoms with van der Waals surface area (Å²) >= 11 is 0. The van der Waals surface area contributed by atoms with Gasteiger partial charge in [0.25, 0.3) is 5.91 Å². The summed E-state index contributed by atoms with van der Waals surface area (Å²) in [6, 6.07) is 12.4. The molecule has 0 radical (unpaired) electrons. The molecule has 1 fully saturated rings. The molecule has 0 aromatic heterocycles. The number of imide groups is 1. The number of fused-ring (bicyclic) bond motifs is 1. The van der Waals surface area contributed by atoms with Gasteiger partial charge in [0.2, 0.25) is 0 Å². The Labute approximate surface area is 163 Å². The van der Waals surface area contributed by atoms with E-state index >= 15 is 0 Å². The molecule has 2 aliphatic rings. The molecule has 2 aromatic carbocycles. The number of benzene rings is 2. The van der Waals surface area contributed by atoms with Crippen molar-refractivity contribution >= 4 is 17.9 Å². The van der Waals surface area contributed by atoms with Gasteiger partial charge in [0.1, 0.15) is 5.54 Å². The van der Waals surface area contributed by atoms with Crippen LogP contribution < -0.4 is 5.32 Å². The van der Waals surface area contributed by atoms with E-state index in [2.05, 4.69) is 11.4 Å². The maximum atomic E-state index is 13.2. The van der Waals surface area contributed by atoms with Gasteiger partial charge in [-0.3, -0.25) is 9.69 Å². The van der Waals surface area contributed by atoms with Crippen LogP contribution in [0.5, 0.6) is 0 Å². The zero-order valence-corrected chi connectivity index (χ0v) is 16.0. The first-order valence-corrected chi connectivity index (χ1v) is 9.36. The highest BCUT2D eigenvalue weighted by molar-refractivity contribution is 6.07. The molecule has 1 aliphatic heterocycles. The number of hydrogen-bond acceptors (Lipinski definition) is 4. The molecule has 6 nitrogen and oxygen atoms in total. The molecule has 0 bridgehead atoms. The lowest BCUT2D eigenvalue weighted by molar-refractivity contribution is -0.131. The maximum absolute atomic E-state index is 13.2. The van der Waals surface area contributed by atoms with Crippen molar-refractivity contribution in [2.45, 2.75) is 38.3 Å². The molecule has 1 unspecified atom stereocenters. The van der Waals surface area contributed by atoms with Gasteiger partial charge < -0.3 is 10.1 Å². The van der Waals surface area contributed by atoms with Crippen molar-refractivity contribution in [3.63, 3.8) is 0 Å². The number of urea groups is 1. The number of ether oxygens (including phenoxy) is 1. The normalized spacial score (nSPS) is 20.9. The van der Waals surface area contributed by atoms with Gasteiger partial charge in [0.15, 0.2) is 0 Å². The van der Waals surface area contributed by atoms with Crippen LogP contribution >= 0.6 is 0 Å². The average Bonchev–Trinajstić information content (AvgIpc) is 3.26. The Morgan fingerprint density at radius 3 is 2.71 bits per heavy atom. The predicted molar refractivity (Wildman–Crippen MR) is 103 cm³/mol. The SMILES string of the molecule is COC(=O)c1cccc(CN2C(=O)NC(C)(c3ccc4c(c3)CCC4)C2=O)c1. The third-order valence-electron chi connectivity index (χ3n) is 5.64. The Hall–Kier alpha value is -3.15. The molecule has 1 heterocycles. The van der Waals surface area contributed by atoms with Crippen molar-refractivity contribution in [2.24, 2.45) is 0 Å². The number of carbonyl (C=O) groups excluding carboxylic acids is 3. The molecule has 144 valence electrons. The zero-order valence-electron chi connectivity index (χ0n) is 16.0. The molecule has 1 N–H and O–H groups in total. The third kappa shape index (κ3) is 2.95. The van der Waals surface area contributed by atoms with Crippen LogP contribution in [0.1, 0.15) is 46.0 Å². The van der Waals surface area contributed by atoms with Crippen molar-refractivity contribution < 1.29 is 19.1 Å². The highest BCUT2D eigenvalue weighted by Crippen LogP contribution is 2.33. The van der Waals surface area contributed by atoms with E-state index in [1.54, 1.807) is 31.2 Å². The molecule has 3 amide bonds. The summed E-state index contributed by atoms with van der Waals surface area (Å²) in [5.74, 6) is -0.749. The molecule has 0 spiro atoms. The molecule has 1 atom stereocenters. The lowest BCUT2D eigenvalue weighted by Crippen LogP contribution is -2.40. The minimum atomic E-state index is -1.09. The smallest absolute Gasteiger partial charge is 0.337 e. The molecule has 2 aromatic rings. The Bertz CT molecular complexity index is 984. The molecule has 1 aliphatic carbocycles. The van der Waals surface area contributed by atoms with E-state index in [-0.39, 0.29) is 12.5 Å². The largest absolute Gasteiger partial charge is 0.465 e. The number of nitrogens with one attached hydrogen (secondary N) is 1. The topological polar surface area (TPSA) is 75.7 Å². The van der Waals surface area contributed by atoms with Crippen LogP contribution in [0.15, 0.2) is 42.5 Å². The molecule has 28 heavy (non-hydrogen) atoms. The number of amides is 3. The summed E-state index contributed by atoms with van der Waals surface area (Å²) in [5.41, 5.74) is 3.36. The van der Waals surface area contributed by atoms with Gasteiger partial charge in [-0.05, 0) is 60.6 Å². The van der Waals surface area contributed by atoms with Gasteiger partial charge in [-0.2, -0.15) is 0 Å². The van der Waals surface area contributed by atoms with Crippen molar-refractivity contribution in [2.75, 3.05) is 7.11 Å². The minimum absolute atomic E-state index is 0.0933. The fourth-order valence-electron chi connectivity index (χ4n) is 4.02. The fraction of sp³-hybridized carbons (Fsp3) is 0.318. The summed E-state index contributed by atoms with van der Waals surface area (Å²) in [6.45, 7) is 1.84. The Morgan fingerprint density at radius 2 is 1.93 bits per heavy atom. The Kier molecular flexibility index (Phi) is 4.41. The van der Waals surface area contributed by atoms with Gasteiger partial charge in [0.05, 0.1) is 19.2 Å². The second kappa shape index (κ2) is 6.78. The van der Waals surface area contributed by atoms with Gasteiger partial charge in [0, 0.05) is 0 Å². The highest BCUT2D eigenvalue weighted by Gasteiger charge is 2.49. The van der Waals surface area contributed by atoms with E-state index in [0.717, 1.165) is 24.8 Å². The quantitative estimate of drug-likeness (QED) is 0.656.